The zero-order chi connectivity index (χ0) is 30.5. The van der Waals surface area contributed by atoms with Crippen LogP contribution in [0.5, 0.6) is 0 Å². The molecule has 7 heteroatoms. The molecule has 0 radical (unpaired) electrons. The summed E-state index contributed by atoms with van der Waals surface area (Å²) in [6.07, 6.45) is 27.1. The lowest BCUT2D eigenvalue weighted by molar-refractivity contribution is -0.203. The highest BCUT2D eigenvalue weighted by molar-refractivity contribution is 5.75. The summed E-state index contributed by atoms with van der Waals surface area (Å²) in [7, 11) is 4.15. The van der Waals surface area contributed by atoms with Crippen LogP contribution in [0.2, 0.25) is 0 Å². The fraction of sp³-hybridized carbons (Fsp3) is 0.971. The molecule has 0 aromatic heterocycles. The molecule has 42 heavy (non-hydrogen) atoms. The number of nitrogens with zero attached hydrogens (tertiary/aromatic N) is 2. The van der Waals surface area contributed by atoms with Crippen molar-refractivity contribution in [2.24, 2.45) is 0 Å². The minimum atomic E-state index is -0.221. The molecule has 1 fully saturated rings. The molecule has 0 bridgehead atoms. The van der Waals surface area contributed by atoms with Crippen LogP contribution in [-0.4, -0.2) is 75.3 Å². The topological polar surface area (TPSA) is 63.3 Å². The highest BCUT2D eigenvalue weighted by Crippen LogP contribution is 2.21. The molecular formula is C35H71N3O4. The summed E-state index contributed by atoms with van der Waals surface area (Å²) >= 11 is 0. The van der Waals surface area contributed by atoms with E-state index in [2.05, 4.69) is 38.2 Å². The Labute approximate surface area is 261 Å². The number of hydrogen-bond donors (Lipinski definition) is 1. The van der Waals surface area contributed by atoms with Gasteiger partial charge in [0.1, 0.15) is 0 Å². The Bertz CT molecular complexity index is 587. The first kappa shape index (κ1) is 39.3. The van der Waals surface area contributed by atoms with E-state index in [4.69, 9.17) is 14.3 Å². The summed E-state index contributed by atoms with van der Waals surface area (Å²) in [5, 5.41) is 5.04. The third-order valence-corrected chi connectivity index (χ3v) is 8.33. The van der Waals surface area contributed by atoms with E-state index in [1.807, 2.05) is 5.06 Å². The van der Waals surface area contributed by atoms with Crippen molar-refractivity contribution < 1.29 is 19.1 Å². The molecule has 0 aliphatic carbocycles. The van der Waals surface area contributed by atoms with E-state index < -0.39 is 0 Å². The van der Waals surface area contributed by atoms with Gasteiger partial charge in [0, 0.05) is 13.0 Å². The van der Waals surface area contributed by atoms with E-state index in [1.54, 1.807) is 0 Å². The monoisotopic (exact) mass is 598 g/mol. The van der Waals surface area contributed by atoms with Gasteiger partial charge in [-0.2, -0.15) is 0 Å². The van der Waals surface area contributed by atoms with Crippen molar-refractivity contribution in [2.45, 2.75) is 174 Å². The fourth-order valence-electron chi connectivity index (χ4n) is 5.69. The zero-order valence-electron chi connectivity index (χ0n) is 28.5. The SMILES string of the molecule is CCCCCCCCCCON(C(=O)CCCN(C)C)C(CCCCCCCCC)CCCCCCOC1NCCO1. The molecule has 250 valence electrons. The standard InChI is InChI=1S/C35H71N3O4/c1-5-7-9-11-13-15-18-23-31-42-38(34(39)27-24-29-37(3)4)33(25-20-16-14-12-10-8-6-2)26-21-17-19-22-30-40-35-36-28-32-41-35/h33,35-36H,5-32H2,1-4H3. The summed E-state index contributed by atoms with van der Waals surface area (Å²) in [5.41, 5.74) is 0. The molecule has 2 unspecified atom stereocenters. The maximum absolute atomic E-state index is 13.5. The lowest BCUT2D eigenvalue weighted by atomic mass is 9.99. The molecule has 1 heterocycles. The number of hydrogen-bond acceptors (Lipinski definition) is 6. The van der Waals surface area contributed by atoms with Gasteiger partial charge < -0.3 is 14.4 Å². The van der Waals surface area contributed by atoms with Gasteiger partial charge in [-0.3, -0.25) is 14.9 Å². The minimum Gasteiger partial charge on any atom is -0.340 e. The van der Waals surface area contributed by atoms with E-state index in [1.165, 1.54) is 89.9 Å². The molecule has 0 saturated carbocycles. The van der Waals surface area contributed by atoms with E-state index >= 15 is 0 Å². The number of unbranched alkanes of at least 4 members (excludes halogenated alkanes) is 16. The number of carbonyl (C=O) groups is 1. The van der Waals surface area contributed by atoms with Crippen molar-refractivity contribution >= 4 is 5.91 Å². The van der Waals surface area contributed by atoms with Crippen molar-refractivity contribution in [2.75, 3.05) is 47.0 Å². The summed E-state index contributed by atoms with van der Waals surface area (Å²) in [5.74, 6) is 0.182. The molecule has 2 atom stereocenters. The Morgan fingerprint density at radius 2 is 1.26 bits per heavy atom. The fourth-order valence-corrected chi connectivity index (χ4v) is 5.69. The number of rotatable bonds is 31. The Morgan fingerprint density at radius 3 is 1.79 bits per heavy atom. The van der Waals surface area contributed by atoms with Crippen LogP contribution in [0, 0.1) is 0 Å². The van der Waals surface area contributed by atoms with Crippen molar-refractivity contribution in [3.63, 3.8) is 0 Å². The van der Waals surface area contributed by atoms with Gasteiger partial charge in [0.15, 0.2) is 0 Å². The van der Waals surface area contributed by atoms with Gasteiger partial charge in [0.05, 0.1) is 25.9 Å². The Morgan fingerprint density at radius 1 is 0.738 bits per heavy atom. The molecule has 1 amide bonds. The summed E-state index contributed by atoms with van der Waals surface area (Å²) in [4.78, 5) is 22.0. The lowest BCUT2D eigenvalue weighted by Crippen LogP contribution is -2.41. The van der Waals surface area contributed by atoms with E-state index in [0.29, 0.717) is 13.0 Å². The molecule has 1 N–H and O–H groups in total. The molecule has 1 rings (SSSR count). The quantitative estimate of drug-likeness (QED) is 0.0638. The van der Waals surface area contributed by atoms with E-state index in [-0.39, 0.29) is 18.4 Å². The smallest absolute Gasteiger partial charge is 0.246 e. The second-order valence-corrected chi connectivity index (χ2v) is 12.7. The molecule has 0 aromatic carbocycles. The van der Waals surface area contributed by atoms with Crippen LogP contribution in [0.25, 0.3) is 0 Å². The van der Waals surface area contributed by atoms with Crippen LogP contribution in [0.1, 0.15) is 162 Å². The maximum atomic E-state index is 13.5. The van der Waals surface area contributed by atoms with Crippen LogP contribution in [0.4, 0.5) is 0 Å². The molecular weight excluding hydrogens is 526 g/mol. The third kappa shape index (κ3) is 22.8. The second kappa shape index (κ2) is 29.0. The molecule has 1 aliphatic heterocycles. The van der Waals surface area contributed by atoms with Crippen LogP contribution in [0.3, 0.4) is 0 Å². The average Bonchev–Trinajstić information content (AvgIpc) is 3.50. The first-order valence-electron chi connectivity index (χ1n) is 18.1. The van der Waals surface area contributed by atoms with Crippen molar-refractivity contribution in [1.82, 2.24) is 15.3 Å². The van der Waals surface area contributed by atoms with Crippen molar-refractivity contribution in [1.29, 1.82) is 0 Å². The minimum absolute atomic E-state index is 0.182. The normalized spacial score (nSPS) is 16.0. The summed E-state index contributed by atoms with van der Waals surface area (Å²) < 4.78 is 11.2. The van der Waals surface area contributed by atoms with Gasteiger partial charge in [0.25, 0.3) is 0 Å². The van der Waals surface area contributed by atoms with Crippen LogP contribution in [-0.2, 0) is 19.1 Å². The largest absolute Gasteiger partial charge is 0.340 e. The molecule has 0 spiro atoms. The van der Waals surface area contributed by atoms with Gasteiger partial charge in [-0.05, 0) is 52.7 Å². The summed E-state index contributed by atoms with van der Waals surface area (Å²) in [6, 6.07) is 0.189. The average molecular weight is 598 g/mol. The highest BCUT2D eigenvalue weighted by Gasteiger charge is 2.24. The number of nitrogens with one attached hydrogen (secondary N) is 1. The Hall–Kier alpha value is -0.730. The Kier molecular flexibility index (Phi) is 27.1. The van der Waals surface area contributed by atoms with Crippen LogP contribution >= 0.6 is 0 Å². The van der Waals surface area contributed by atoms with Gasteiger partial charge in [0.2, 0.25) is 12.3 Å². The predicted octanol–water partition coefficient (Wildman–Crippen LogP) is 8.61. The number of carbonyl (C=O) groups excluding carboxylic acids is 1. The van der Waals surface area contributed by atoms with Crippen molar-refractivity contribution in [3.8, 4) is 0 Å². The number of ether oxygens (including phenoxy) is 2. The van der Waals surface area contributed by atoms with Gasteiger partial charge in [-0.25, -0.2) is 5.06 Å². The molecule has 1 aliphatic rings. The first-order chi connectivity index (χ1) is 20.6. The highest BCUT2D eigenvalue weighted by atomic mass is 16.7. The van der Waals surface area contributed by atoms with Crippen molar-refractivity contribution in [3.05, 3.63) is 0 Å². The molecule has 7 nitrogen and oxygen atoms in total. The Balaban J connectivity index is 2.57. The molecule has 1 saturated heterocycles. The zero-order valence-corrected chi connectivity index (χ0v) is 28.5. The predicted molar refractivity (Wildman–Crippen MR) is 176 cm³/mol. The van der Waals surface area contributed by atoms with Crippen LogP contribution in [0.15, 0.2) is 0 Å². The van der Waals surface area contributed by atoms with Gasteiger partial charge in [-0.15, -0.1) is 0 Å². The van der Waals surface area contributed by atoms with E-state index in [9.17, 15) is 4.79 Å². The van der Waals surface area contributed by atoms with Crippen LogP contribution < -0.4 is 5.32 Å². The number of hydroxylamine groups is 2. The number of amides is 1. The first-order valence-corrected chi connectivity index (χ1v) is 18.1. The molecule has 0 aromatic rings. The lowest BCUT2D eigenvalue weighted by Gasteiger charge is -2.31. The maximum Gasteiger partial charge on any atom is 0.246 e. The summed E-state index contributed by atoms with van der Waals surface area (Å²) in [6.45, 7) is 8.48. The second-order valence-electron chi connectivity index (χ2n) is 12.7. The van der Waals surface area contributed by atoms with Gasteiger partial charge in [-0.1, -0.05) is 123 Å². The third-order valence-electron chi connectivity index (χ3n) is 8.33. The van der Waals surface area contributed by atoms with E-state index in [0.717, 1.165) is 77.7 Å². The van der Waals surface area contributed by atoms with Gasteiger partial charge >= 0.3 is 0 Å².